The molecule has 0 radical (unpaired) electrons. The fourth-order valence-electron chi connectivity index (χ4n) is 1.72. The van der Waals surface area contributed by atoms with Crippen LogP contribution in [0.25, 0.3) is 0 Å². The predicted octanol–water partition coefficient (Wildman–Crippen LogP) is 2.89. The van der Waals surface area contributed by atoms with Crippen LogP contribution in [0.15, 0.2) is 34.4 Å². The van der Waals surface area contributed by atoms with Crippen molar-refractivity contribution < 1.29 is 4.42 Å². The molecule has 92 valence electrons. The number of aryl methyl sites for hydroxylation is 1. The van der Waals surface area contributed by atoms with Crippen molar-refractivity contribution in [2.24, 2.45) is 0 Å². The molecule has 0 fully saturated rings. The lowest BCUT2D eigenvalue weighted by Gasteiger charge is -2.12. The number of nitrogens with one attached hydrogen (secondary N) is 1. The van der Waals surface area contributed by atoms with E-state index in [0.29, 0.717) is 6.04 Å². The predicted molar refractivity (Wildman–Crippen MR) is 70.3 cm³/mol. The zero-order valence-corrected chi connectivity index (χ0v) is 10.9. The molecule has 0 aliphatic heterocycles. The summed E-state index contributed by atoms with van der Waals surface area (Å²) in [5.41, 5.74) is 0. The lowest BCUT2D eigenvalue weighted by atomic mass is 10.1. The van der Waals surface area contributed by atoms with Crippen LogP contribution in [0.3, 0.4) is 0 Å². The summed E-state index contributed by atoms with van der Waals surface area (Å²) < 4.78 is 5.31. The third-order valence-corrected chi connectivity index (χ3v) is 3.56. The largest absolute Gasteiger partial charge is 0.469 e. The molecule has 2 aromatic rings. The molecule has 0 aliphatic rings. The molecule has 2 aromatic heterocycles. The molecule has 2 heterocycles. The van der Waals surface area contributed by atoms with Gasteiger partial charge < -0.3 is 9.73 Å². The van der Waals surface area contributed by atoms with Crippen LogP contribution in [-0.2, 0) is 12.8 Å². The van der Waals surface area contributed by atoms with Gasteiger partial charge in [0.25, 0.3) is 0 Å². The van der Waals surface area contributed by atoms with Gasteiger partial charge in [-0.1, -0.05) is 0 Å². The minimum absolute atomic E-state index is 0.514. The van der Waals surface area contributed by atoms with Crippen LogP contribution in [0, 0.1) is 0 Å². The maximum Gasteiger partial charge on any atom is 0.103 e. The Morgan fingerprint density at radius 3 is 3.12 bits per heavy atom. The van der Waals surface area contributed by atoms with Gasteiger partial charge >= 0.3 is 0 Å². The van der Waals surface area contributed by atoms with Crippen molar-refractivity contribution in [3.05, 3.63) is 40.7 Å². The van der Waals surface area contributed by atoms with E-state index in [1.54, 1.807) is 17.6 Å². The van der Waals surface area contributed by atoms with E-state index in [2.05, 4.69) is 17.2 Å². The second kappa shape index (κ2) is 6.57. The van der Waals surface area contributed by atoms with Gasteiger partial charge in [-0.25, -0.2) is 4.98 Å². The highest BCUT2D eigenvalue weighted by molar-refractivity contribution is 7.09. The Balaban J connectivity index is 1.59. The van der Waals surface area contributed by atoms with E-state index < -0.39 is 0 Å². The Kier molecular flexibility index (Phi) is 4.76. The molecule has 0 amide bonds. The molecule has 0 saturated heterocycles. The van der Waals surface area contributed by atoms with E-state index in [1.807, 2.05) is 23.7 Å². The van der Waals surface area contributed by atoms with Crippen LogP contribution in [0.4, 0.5) is 0 Å². The first kappa shape index (κ1) is 12.3. The summed E-state index contributed by atoms with van der Waals surface area (Å²) in [6, 6.07) is 4.48. The molecular weight excluding hydrogens is 232 g/mol. The van der Waals surface area contributed by atoms with Crippen molar-refractivity contribution in [2.45, 2.75) is 32.2 Å². The van der Waals surface area contributed by atoms with E-state index in [4.69, 9.17) is 4.42 Å². The molecule has 17 heavy (non-hydrogen) atoms. The van der Waals surface area contributed by atoms with Gasteiger partial charge in [0, 0.05) is 37.0 Å². The highest BCUT2D eigenvalue weighted by atomic mass is 32.1. The highest BCUT2D eigenvalue weighted by Gasteiger charge is 2.04. The zero-order chi connectivity index (χ0) is 11.9. The second-order valence-corrected chi connectivity index (χ2v) is 5.13. The van der Waals surface area contributed by atoms with Crippen LogP contribution >= 0.6 is 11.3 Å². The number of hydrogen-bond acceptors (Lipinski definition) is 4. The molecule has 0 spiro atoms. The van der Waals surface area contributed by atoms with Crippen molar-refractivity contribution in [1.82, 2.24) is 10.3 Å². The third-order valence-electron chi connectivity index (χ3n) is 2.72. The Bertz CT molecular complexity index is 397. The van der Waals surface area contributed by atoms with E-state index in [-0.39, 0.29) is 0 Å². The molecule has 4 heteroatoms. The number of thiazole rings is 1. The smallest absolute Gasteiger partial charge is 0.103 e. The van der Waals surface area contributed by atoms with Crippen molar-refractivity contribution in [3.63, 3.8) is 0 Å². The molecule has 0 aliphatic carbocycles. The summed E-state index contributed by atoms with van der Waals surface area (Å²) >= 11 is 1.72. The summed E-state index contributed by atoms with van der Waals surface area (Å²) in [5.74, 6) is 1.07. The minimum atomic E-state index is 0.514. The van der Waals surface area contributed by atoms with Gasteiger partial charge in [0.2, 0.25) is 0 Å². The van der Waals surface area contributed by atoms with Gasteiger partial charge in [-0.05, 0) is 25.5 Å². The van der Waals surface area contributed by atoms with Crippen molar-refractivity contribution in [2.75, 3.05) is 6.54 Å². The first-order valence-electron chi connectivity index (χ1n) is 5.99. The topological polar surface area (TPSA) is 38.1 Å². The average molecular weight is 250 g/mol. The SMILES string of the molecule is CC(CCc1ccco1)NCCc1nccs1. The van der Waals surface area contributed by atoms with Crippen molar-refractivity contribution in [3.8, 4) is 0 Å². The third kappa shape index (κ3) is 4.32. The highest BCUT2D eigenvalue weighted by Crippen LogP contribution is 2.06. The fourth-order valence-corrected chi connectivity index (χ4v) is 2.34. The Morgan fingerprint density at radius 1 is 1.47 bits per heavy atom. The Labute approximate surface area is 106 Å². The summed E-state index contributed by atoms with van der Waals surface area (Å²) in [6.07, 6.45) is 6.71. The van der Waals surface area contributed by atoms with Crippen molar-refractivity contribution in [1.29, 1.82) is 0 Å². The summed E-state index contributed by atoms with van der Waals surface area (Å²) in [7, 11) is 0. The Hall–Kier alpha value is -1.13. The number of nitrogens with zero attached hydrogens (tertiary/aromatic N) is 1. The maximum absolute atomic E-state index is 5.31. The molecule has 1 atom stereocenters. The van der Waals surface area contributed by atoms with Crippen LogP contribution in [0.2, 0.25) is 0 Å². The van der Waals surface area contributed by atoms with Gasteiger partial charge in [-0.2, -0.15) is 0 Å². The summed E-state index contributed by atoms with van der Waals surface area (Å²) in [6.45, 7) is 3.21. The van der Waals surface area contributed by atoms with E-state index in [9.17, 15) is 0 Å². The summed E-state index contributed by atoms with van der Waals surface area (Å²) in [5, 5.41) is 6.74. The van der Waals surface area contributed by atoms with Crippen LogP contribution in [0.5, 0.6) is 0 Å². The quantitative estimate of drug-likeness (QED) is 0.821. The monoisotopic (exact) mass is 250 g/mol. The molecule has 0 bridgehead atoms. The van der Waals surface area contributed by atoms with Crippen LogP contribution < -0.4 is 5.32 Å². The van der Waals surface area contributed by atoms with Crippen LogP contribution in [0.1, 0.15) is 24.1 Å². The van der Waals surface area contributed by atoms with Crippen molar-refractivity contribution >= 4 is 11.3 Å². The maximum atomic E-state index is 5.31. The Morgan fingerprint density at radius 2 is 2.41 bits per heavy atom. The lowest BCUT2D eigenvalue weighted by molar-refractivity contribution is 0.461. The molecule has 0 saturated carbocycles. The number of hydrogen-bond donors (Lipinski definition) is 1. The van der Waals surface area contributed by atoms with E-state index in [0.717, 1.165) is 31.6 Å². The first-order valence-corrected chi connectivity index (χ1v) is 6.86. The van der Waals surface area contributed by atoms with Gasteiger partial charge in [0.05, 0.1) is 11.3 Å². The lowest BCUT2D eigenvalue weighted by Crippen LogP contribution is -2.28. The molecular formula is C13H18N2OS. The zero-order valence-electron chi connectivity index (χ0n) is 10.1. The van der Waals surface area contributed by atoms with Gasteiger partial charge in [-0.15, -0.1) is 11.3 Å². The molecule has 1 unspecified atom stereocenters. The second-order valence-electron chi connectivity index (χ2n) is 4.15. The minimum Gasteiger partial charge on any atom is -0.469 e. The fraction of sp³-hybridized carbons (Fsp3) is 0.462. The van der Waals surface area contributed by atoms with Gasteiger partial charge in [0.1, 0.15) is 5.76 Å². The molecule has 1 N–H and O–H groups in total. The molecule has 3 nitrogen and oxygen atoms in total. The number of furan rings is 1. The first-order chi connectivity index (χ1) is 8.34. The summed E-state index contributed by atoms with van der Waals surface area (Å²) in [4.78, 5) is 4.26. The number of aromatic nitrogens is 1. The molecule has 0 aromatic carbocycles. The van der Waals surface area contributed by atoms with E-state index in [1.165, 1.54) is 5.01 Å². The number of rotatable bonds is 7. The standard InChI is InChI=1S/C13H18N2OS/c1-11(4-5-12-3-2-9-16-12)14-7-6-13-15-8-10-17-13/h2-3,8-11,14H,4-7H2,1H3. The molecule has 2 rings (SSSR count). The van der Waals surface area contributed by atoms with Gasteiger partial charge in [0.15, 0.2) is 0 Å². The normalized spacial score (nSPS) is 12.8. The average Bonchev–Trinajstić information content (AvgIpc) is 2.99. The van der Waals surface area contributed by atoms with E-state index >= 15 is 0 Å². The van der Waals surface area contributed by atoms with Gasteiger partial charge in [-0.3, -0.25) is 0 Å². The van der Waals surface area contributed by atoms with Crippen LogP contribution in [-0.4, -0.2) is 17.6 Å².